The van der Waals surface area contributed by atoms with Gasteiger partial charge in [-0.25, -0.2) is 9.97 Å². The van der Waals surface area contributed by atoms with E-state index in [1.165, 1.54) is 36.2 Å². The van der Waals surface area contributed by atoms with Crippen molar-refractivity contribution >= 4 is 64.9 Å². The standard InChI is InChI=1S/C29H28N2OS2/c1-15(2)9-23-16(3)19-12-20-22(13-24(19)34-23)32-28-25(20)26(30-14-31-28)18-10-17-7-8-33-27(17)21(11-18)29(4,5)6/h7-8,10-15H,9H2,1-6H3. The van der Waals surface area contributed by atoms with E-state index in [4.69, 9.17) is 9.40 Å². The molecular weight excluding hydrogens is 456 g/mol. The van der Waals surface area contributed by atoms with Gasteiger partial charge in [-0.3, -0.25) is 0 Å². The van der Waals surface area contributed by atoms with Crippen molar-refractivity contribution < 1.29 is 4.42 Å². The first-order chi connectivity index (χ1) is 16.2. The molecule has 0 N–H and O–H groups in total. The van der Waals surface area contributed by atoms with Gasteiger partial charge in [0.1, 0.15) is 11.9 Å². The van der Waals surface area contributed by atoms with Crippen LogP contribution in [0.4, 0.5) is 0 Å². The van der Waals surface area contributed by atoms with Gasteiger partial charge in [-0.05, 0) is 82.3 Å². The van der Waals surface area contributed by atoms with Crippen LogP contribution in [0.2, 0.25) is 0 Å². The Balaban J connectivity index is 1.64. The second-order valence-electron chi connectivity index (χ2n) is 10.7. The van der Waals surface area contributed by atoms with Gasteiger partial charge in [-0.2, -0.15) is 0 Å². The molecule has 0 radical (unpaired) electrons. The molecule has 0 saturated carbocycles. The Morgan fingerprint density at radius 2 is 1.85 bits per heavy atom. The molecule has 3 nitrogen and oxygen atoms in total. The maximum Gasteiger partial charge on any atom is 0.230 e. The number of fused-ring (bicyclic) bond motifs is 5. The van der Waals surface area contributed by atoms with E-state index >= 15 is 0 Å². The van der Waals surface area contributed by atoms with Crippen LogP contribution in [-0.4, -0.2) is 9.97 Å². The van der Waals surface area contributed by atoms with Crippen LogP contribution in [0, 0.1) is 12.8 Å². The summed E-state index contributed by atoms with van der Waals surface area (Å²) in [5, 5.41) is 6.86. The second kappa shape index (κ2) is 7.62. The van der Waals surface area contributed by atoms with Crippen LogP contribution < -0.4 is 0 Å². The average Bonchev–Trinajstić information content (AvgIpc) is 3.46. The fourth-order valence-corrected chi connectivity index (χ4v) is 7.47. The van der Waals surface area contributed by atoms with Crippen LogP contribution >= 0.6 is 22.7 Å². The minimum atomic E-state index is 0.0382. The topological polar surface area (TPSA) is 38.9 Å². The molecule has 0 aliphatic carbocycles. The predicted molar refractivity (Wildman–Crippen MR) is 147 cm³/mol. The van der Waals surface area contributed by atoms with Crippen LogP contribution in [0.1, 0.15) is 50.6 Å². The van der Waals surface area contributed by atoms with E-state index in [1.807, 2.05) is 22.7 Å². The van der Waals surface area contributed by atoms with E-state index in [-0.39, 0.29) is 5.41 Å². The van der Waals surface area contributed by atoms with Crippen molar-refractivity contribution in [3.63, 3.8) is 0 Å². The molecule has 4 heterocycles. The molecule has 0 unspecified atom stereocenters. The Bertz CT molecular complexity index is 1710. The molecule has 6 rings (SSSR count). The summed E-state index contributed by atoms with van der Waals surface area (Å²) >= 11 is 3.70. The maximum atomic E-state index is 6.28. The molecular formula is C29H28N2OS2. The molecule has 34 heavy (non-hydrogen) atoms. The van der Waals surface area contributed by atoms with Crippen molar-refractivity contribution in [2.75, 3.05) is 0 Å². The van der Waals surface area contributed by atoms with Crippen LogP contribution in [0.3, 0.4) is 0 Å². The number of thiophene rings is 2. The van der Waals surface area contributed by atoms with E-state index in [9.17, 15) is 0 Å². The van der Waals surface area contributed by atoms with E-state index in [1.54, 1.807) is 6.33 Å². The normalized spacial score (nSPS) is 12.8. The first-order valence-electron chi connectivity index (χ1n) is 11.8. The van der Waals surface area contributed by atoms with Gasteiger partial charge >= 0.3 is 0 Å². The van der Waals surface area contributed by atoms with Crippen molar-refractivity contribution in [1.29, 1.82) is 0 Å². The van der Waals surface area contributed by atoms with Crippen LogP contribution in [0.25, 0.3) is 53.5 Å². The lowest BCUT2D eigenvalue weighted by Gasteiger charge is -2.21. The van der Waals surface area contributed by atoms with Gasteiger partial charge in [0.25, 0.3) is 0 Å². The van der Waals surface area contributed by atoms with Crippen LogP contribution in [0.5, 0.6) is 0 Å². The number of rotatable bonds is 3. The number of hydrogen-bond donors (Lipinski definition) is 0. The fourth-order valence-electron chi connectivity index (χ4n) is 4.93. The Labute approximate surface area is 207 Å². The SMILES string of the molecule is Cc1c(CC(C)C)sc2cc3oc4ncnc(-c5cc(C(C)(C)C)c6sccc6c5)c4c3cc12. The molecule has 0 fully saturated rings. The highest BCUT2D eigenvalue weighted by Gasteiger charge is 2.22. The molecule has 0 atom stereocenters. The zero-order valence-electron chi connectivity index (χ0n) is 20.4. The minimum absolute atomic E-state index is 0.0382. The summed E-state index contributed by atoms with van der Waals surface area (Å²) in [4.78, 5) is 10.8. The van der Waals surface area contributed by atoms with E-state index < -0.39 is 0 Å². The lowest BCUT2D eigenvalue weighted by atomic mass is 9.85. The molecule has 0 saturated heterocycles. The van der Waals surface area contributed by atoms with Gasteiger partial charge in [0.2, 0.25) is 5.71 Å². The smallest absolute Gasteiger partial charge is 0.230 e. The fraction of sp³-hybridized carbons (Fsp3) is 0.310. The Kier molecular flexibility index (Phi) is 4.88. The van der Waals surface area contributed by atoms with Crippen molar-refractivity contribution in [3.8, 4) is 11.3 Å². The highest BCUT2D eigenvalue weighted by molar-refractivity contribution is 7.19. The molecule has 2 aromatic carbocycles. The van der Waals surface area contributed by atoms with Crippen LogP contribution in [-0.2, 0) is 11.8 Å². The minimum Gasteiger partial charge on any atom is -0.438 e. The highest BCUT2D eigenvalue weighted by Crippen LogP contribution is 2.42. The van der Waals surface area contributed by atoms with Gasteiger partial charge in [-0.1, -0.05) is 34.6 Å². The monoisotopic (exact) mass is 484 g/mol. The molecule has 0 amide bonds. The second-order valence-corrected chi connectivity index (χ2v) is 12.8. The van der Waals surface area contributed by atoms with Crippen molar-refractivity contribution in [3.05, 3.63) is 58.0 Å². The molecule has 0 aliphatic rings. The first kappa shape index (κ1) is 21.8. The van der Waals surface area contributed by atoms with Gasteiger partial charge in [0, 0.05) is 25.2 Å². The van der Waals surface area contributed by atoms with E-state index in [0.717, 1.165) is 34.0 Å². The summed E-state index contributed by atoms with van der Waals surface area (Å²) in [7, 11) is 0. The number of nitrogens with zero attached hydrogens (tertiary/aromatic N) is 2. The molecule has 5 heteroatoms. The van der Waals surface area contributed by atoms with E-state index in [0.29, 0.717) is 11.6 Å². The van der Waals surface area contributed by atoms with E-state index in [2.05, 4.69) is 82.2 Å². The molecule has 0 spiro atoms. The van der Waals surface area contributed by atoms with Gasteiger partial charge < -0.3 is 4.42 Å². The molecule has 172 valence electrons. The number of hydrogen-bond acceptors (Lipinski definition) is 5. The molecule has 4 aromatic heterocycles. The molecule has 6 aromatic rings. The third-order valence-corrected chi connectivity index (χ3v) is 8.89. The molecule has 0 bridgehead atoms. The zero-order chi connectivity index (χ0) is 23.8. The lowest BCUT2D eigenvalue weighted by Crippen LogP contribution is -2.11. The van der Waals surface area contributed by atoms with Crippen molar-refractivity contribution in [1.82, 2.24) is 9.97 Å². The summed E-state index contributed by atoms with van der Waals surface area (Å²) in [6.45, 7) is 13.6. The zero-order valence-corrected chi connectivity index (χ0v) is 22.1. The largest absolute Gasteiger partial charge is 0.438 e. The van der Waals surface area contributed by atoms with Crippen molar-refractivity contribution in [2.45, 2.75) is 53.4 Å². The summed E-state index contributed by atoms with van der Waals surface area (Å²) in [5.74, 6) is 0.639. The summed E-state index contributed by atoms with van der Waals surface area (Å²) < 4.78 is 8.92. The Morgan fingerprint density at radius 1 is 1.03 bits per heavy atom. The highest BCUT2D eigenvalue weighted by atomic mass is 32.1. The Hall–Kier alpha value is -2.76. The number of benzene rings is 2. The number of furan rings is 1. The van der Waals surface area contributed by atoms with Crippen LogP contribution in [0.15, 0.2) is 46.5 Å². The van der Waals surface area contributed by atoms with Gasteiger partial charge in [0.15, 0.2) is 0 Å². The Morgan fingerprint density at radius 3 is 2.62 bits per heavy atom. The quantitative estimate of drug-likeness (QED) is 0.251. The van der Waals surface area contributed by atoms with Gasteiger partial charge in [0.05, 0.1) is 11.1 Å². The number of aryl methyl sites for hydroxylation is 1. The lowest BCUT2D eigenvalue weighted by molar-refractivity contribution is 0.597. The summed E-state index contributed by atoms with van der Waals surface area (Å²) in [6.07, 6.45) is 2.74. The summed E-state index contributed by atoms with van der Waals surface area (Å²) in [6, 6.07) is 11.3. The number of aromatic nitrogens is 2. The summed E-state index contributed by atoms with van der Waals surface area (Å²) in [5.41, 5.74) is 6.37. The third kappa shape index (κ3) is 3.37. The van der Waals surface area contributed by atoms with Crippen molar-refractivity contribution in [2.24, 2.45) is 5.92 Å². The average molecular weight is 485 g/mol. The molecule has 0 aliphatic heterocycles. The first-order valence-corrected chi connectivity index (χ1v) is 13.5. The third-order valence-electron chi connectivity index (χ3n) is 6.65. The maximum absolute atomic E-state index is 6.28. The van der Waals surface area contributed by atoms with Gasteiger partial charge in [-0.15, -0.1) is 22.7 Å². The predicted octanol–water partition coefficient (Wildman–Crippen LogP) is 9.28.